The number of thiazole rings is 1. The Balaban J connectivity index is 1.65. The second kappa shape index (κ2) is 6.43. The highest BCUT2D eigenvalue weighted by Gasteiger charge is 2.25. The lowest BCUT2D eigenvalue weighted by atomic mass is 10.1. The molecule has 3 rings (SSSR count). The van der Waals surface area contributed by atoms with Crippen molar-refractivity contribution in [3.05, 3.63) is 46.4 Å². The molecule has 1 aliphatic rings. The number of ether oxygens (including phenoxy) is 1. The lowest BCUT2D eigenvalue weighted by Gasteiger charge is -2.33. The molecule has 2 aromatic rings. The molecule has 1 fully saturated rings. The Morgan fingerprint density at radius 2 is 2.24 bits per heavy atom. The Labute approximate surface area is 131 Å². The number of hydrogen-bond acceptors (Lipinski definition) is 4. The van der Waals surface area contributed by atoms with Crippen LogP contribution in [0.25, 0.3) is 0 Å². The van der Waals surface area contributed by atoms with Gasteiger partial charge in [0.1, 0.15) is 6.10 Å². The van der Waals surface area contributed by atoms with Crippen LogP contribution in [0.15, 0.2) is 35.8 Å². The first-order chi connectivity index (χ1) is 10.2. The van der Waals surface area contributed by atoms with Crippen molar-refractivity contribution in [1.29, 1.82) is 0 Å². The van der Waals surface area contributed by atoms with Crippen molar-refractivity contribution in [1.82, 2.24) is 9.88 Å². The summed E-state index contributed by atoms with van der Waals surface area (Å²) in [6.45, 7) is 1.60. The number of aromatic nitrogens is 1. The number of nitrogens with one attached hydrogen (secondary N) is 1. The van der Waals surface area contributed by atoms with Crippen LogP contribution in [0, 0.1) is 0 Å². The summed E-state index contributed by atoms with van der Waals surface area (Å²) in [4.78, 5) is 18.0. The molecule has 1 atom stereocenters. The van der Waals surface area contributed by atoms with Gasteiger partial charge in [-0.15, -0.1) is 11.3 Å². The van der Waals surface area contributed by atoms with Crippen LogP contribution in [0.1, 0.15) is 11.7 Å². The lowest BCUT2D eigenvalue weighted by Crippen LogP contribution is -2.44. The highest BCUT2D eigenvalue weighted by Crippen LogP contribution is 2.24. The van der Waals surface area contributed by atoms with Crippen molar-refractivity contribution in [2.75, 3.05) is 25.0 Å². The molecule has 1 aromatic carbocycles. The van der Waals surface area contributed by atoms with Gasteiger partial charge in [0.05, 0.1) is 13.2 Å². The van der Waals surface area contributed by atoms with Crippen LogP contribution in [0.3, 0.4) is 0 Å². The summed E-state index contributed by atoms with van der Waals surface area (Å²) in [5, 5.41) is 5.91. The summed E-state index contributed by atoms with van der Waals surface area (Å²) in [5.74, 6) is 0. The minimum absolute atomic E-state index is 0.127. The molecular formula is C14H14ClN3O2S. The van der Waals surface area contributed by atoms with Crippen LogP contribution >= 0.6 is 22.9 Å². The Bertz CT molecular complexity index is 603. The first kappa shape index (κ1) is 14.3. The van der Waals surface area contributed by atoms with Gasteiger partial charge in [-0.1, -0.05) is 23.7 Å². The van der Waals surface area contributed by atoms with Crippen molar-refractivity contribution < 1.29 is 9.53 Å². The maximum Gasteiger partial charge on any atom is 0.323 e. The molecule has 0 saturated carbocycles. The van der Waals surface area contributed by atoms with E-state index in [1.54, 1.807) is 11.1 Å². The van der Waals surface area contributed by atoms with Gasteiger partial charge in [-0.2, -0.15) is 0 Å². The van der Waals surface area contributed by atoms with E-state index in [0.717, 1.165) is 5.56 Å². The number of carbonyl (C=O) groups excluding carboxylic acids is 1. The normalized spacial score (nSPS) is 18.5. The molecule has 1 saturated heterocycles. The van der Waals surface area contributed by atoms with Crippen molar-refractivity contribution in [2.45, 2.75) is 6.10 Å². The smallest absolute Gasteiger partial charge is 0.323 e. The molecule has 1 aromatic heterocycles. The molecule has 0 unspecified atom stereocenters. The van der Waals surface area contributed by atoms with Crippen LogP contribution in [-0.4, -0.2) is 35.6 Å². The van der Waals surface area contributed by atoms with Crippen molar-refractivity contribution >= 4 is 34.1 Å². The van der Waals surface area contributed by atoms with Crippen molar-refractivity contribution in [3.8, 4) is 0 Å². The highest BCUT2D eigenvalue weighted by atomic mass is 35.5. The average molecular weight is 324 g/mol. The molecule has 2 heterocycles. The maximum absolute atomic E-state index is 12.2. The number of nitrogens with zero attached hydrogens (tertiary/aromatic N) is 2. The SMILES string of the molecule is O=C(Nc1nccs1)N1CCO[C@H](c2ccc(Cl)cc2)C1. The third-order valence-electron chi connectivity index (χ3n) is 3.24. The second-order valence-corrected chi connectivity index (χ2v) is 5.96. The summed E-state index contributed by atoms with van der Waals surface area (Å²) in [7, 11) is 0. The number of amides is 2. The summed E-state index contributed by atoms with van der Waals surface area (Å²) < 4.78 is 5.74. The monoisotopic (exact) mass is 323 g/mol. The average Bonchev–Trinajstić information content (AvgIpc) is 3.01. The minimum Gasteiger partial charge on any atom is -0.370 e. The number of halogens is 1. The number of anilines is 1. The highest BCUT2D eigenvalue weighted by molar-refractivity contribution is 7.13. The van der Waals surface area contributed by atoms with Gasteiger partial charge in [0.2, 0.25) is 0 Å². The standard InChI is InChI=1S/C14H14ClN3O2S/c15-11-3-1-10(2-4-11)12-9-18(6-7-20-12)14(19)17-13-16-5-8-21-13/h1-5,8,12H,6-7,9H2,(H,16,17,19)/t12-/m0/s1. The molecule has 0 spiro atoms. The molecule has 2 amide bonds. The zero-order chi connectivity index (χ0) is 14.7. The Morgan fingerprint density at radius 3 is 2.95 bits per heavy atom. The fourth-order valence-electron chi connectivity index (χ4n) is 2.17. The van der Waals surface area contributed by atoms with Gasteiger partial charge in [0, 0.05) is 23.1 Å². The van der Waals surface area contributed by atoms with E-state index < -0.39 is 0 Å². The van der Waals surface area contributed by atoms with Crippen LogP contribution in [0.2, 0.25) is 5.02 Å². The second-order valence-electron chi connectivity index (χ2n) is 4.62. The van der Waals surface area contributed by atoms with E-state index in [0.29, 0.717) is 29.9 Å². The van der Waals surface area contributed by atoms with E-state index in [1.807, 2.05) is 29.6 Å². The van der Waals surface area contributed by atoms with E-state index in [4.69, 9.17) is 16.3 Å². The molecule has 0 radical (unpaired) electrons. The summed E-state index contributed by atoms with van der Waals surface area (Å²) in [5.41, 5.74) is 1.02. The largest absolute Gasteiger partial charge is 0.370 e. The first-order valence-electron chi connectivity index (χ1n) is 6.55. The predicted molar refractivity (Wildman–Crippen MR) is 82.9 cm³/mol. The zero-order valence-corrected chi connectivity index (χ0v) is 12.7. The molecule has 0 bridgehead atoms. The van der Waals surface area contributed by atoms with Crippen molar-refractivity contribution in [3.63, 3.8) is 0 Å². The third kappa shape index (κ3) is 3.53. The van der Waals surface area contributed by atoms with Gasteiger partial charge in [0.15, 0.2) is 5.13 Å². The predicted octanol–water partition coefficient (Wildman–Crippen LogP) is 3.40. The number of urea groups is 1. The van der Waals surface area contributed by atoms with E-state index in [1.165, 1.54) is 11.3 Å². The fraction of sp³-hybridized carbons (Fsp3) is 0.286. The van der Waals surface area contributed by atoms with Gasteiger partial charge in [-0.25, -0.2) is 9.78 Å². The summed E-state index contributed by atoms with van der Waals surface area (Å²) >= 11 is 7.29. The van der Waals surface area contributed by atoms with Gasteiger partial charge in [-0.3, -0.25) is 5.32 Å². The number of benzene rings is 1. The maximum atomic E-state index is 12.2. The fourth-order valence-corrected chi connectivity index (χ4v) is 2.81. The van der Waals surface area contributed by atoms with Crippen LogP contribution in [0.5, 0.6) is 0 Å². The molecule has 7 heteroatoms. The van der Waals surface area contributed by atoms with Gasteiger partial charge >= 0.3 is 6.03 Å². The van der Waals surface area contributed by atoms with E-state index in [9.17, 15) is 4.79 Å². The molecule has 1 N–H and O–H groups in total. The molecular weight excluding hydrogens is 310 g/mol. The topological polar surface area (TPSA) is 54.5 Å². The zero-order valence-electron chi connectivity index (χ0n) is 11.2. The first-order valence-corrected chi connectivity index (χ1v) is 7.80. The van der Waals surface area contributed by atoms with E-state index in [-0.39, 0.29) is 12.1 Å². The Hall–Kier alpha value is -1.63. The van der Waals surface area contributed by atoms with Crippen molar-refractivity contribution in [2.24, 2.45) is 0 Å². The van der Waals surface area contributed by atoms with Crippen LogP contribution < -0.4 is 5.32 Å². The molecule has 110 valence electrons. The van der Waals surface area contributed by atoms with Crippen LogP contribution in [-0.2, 0) is 4.74 Å². The van der Waals surface area contributed by atoms with Gasteiger partial charge in [0.25, 0.3) is 0 Å². The summed E-state index contributed by atoms with van der Waals surface area (Å²) in [6, 6.07) is 7.36. The minimum atomic E-state index is -0.146. The molecule has 21 heavy (non-hydrogen) atoms. The third-order valence-corrected chi connectivity index (χ3v) is 4.18. The van der Waals surface area contributed by atoms with E-state index in [2.05, 4.69) is 10.3 Å². The lowest BCUT2D eigenvalue weighted by molar-refractivity contribution is -0.0135. The van der Waals surface area contributed by atoms with Gasteiger partial charge in [-0.05, 0) is 17.7 Å². The number of carbonyl (C=O) groups is 1. The Morgan fingerprint density at radius 1 is 1.43 bits per heavy atom. The number of hydrogen-bond donors (Lipinski definition) is 1. The molecule has 0 aliphatic carbocycles. The molecule has 1 aliphatic heterocycles. The number of rotatable bonds is 2. The quantitative estimate of drug-likeness (QED) is 0.921. The van der Waals surface area contributed by atoms with E-state index >= 15 is 0 Å². The summed E-state index contributed by atoms with van der Waals surface area (Å²) in [6.07, 6.45) is 1.54. The number of morpholine rings is 1. The van der Waals surface area contributed by atoms with Gasteiger partial charge < -0.3 is 9.64 Å². The Kier molecular flexibility index (Phi) is 4.38. The molecule has 5 nitrogen and oxygen atoms in total. The van der Waals surface area contributed by atoms with Crippen LogP contribution in [0.4, 0.5) is 9.93 Å².